The molecule has 0 aromatic rings. The Bertz CT molecular complexity index is 1080. The number of rotatable bonds is 3. The number of ketones is 1. The molecule has 206 valence electrons. The van der Waals surface area contributed by atoms with Crippen LogP contribution in [0.25, 0.3) is 0 Å². The fourth-order valence-electron chi connectivity index (χ4n) is 10.0. The Kier molecular flexibility index (Phi) is 5.37. The maximum atomic E-state index is 13.7. The van der Waals surface area contributed by atoms with Crippen molar-refractivity contribution in [1.82, 2.24) is 0 Å². The molecule has 6 rings (SSSR count). The lowest BCUT2D eigenvalue weighted by Gasteiger charge is -2.61. The third-order valence-corrected chi connectivity index (χ3v) is 12.6. The van der Waals surface area contributed by atoms with E-state index in [0.29, 0.717) is 37.7 Å². The summed E-state index contributed by atoms with van der Waals surface area (Å²) >= 11 is 0. The lowest BCUT2D eigenvalue weighted by Crippen LogP contribution is -2.70. The van der Waals surface area contributed by atoms with Gasteiger partial charge in [0.05, 0.1) is 17.6 Å². The van der Waals surface area contributed by atoms with Gasteiger partial charge < -0.3 is 29.5 Å². The molecule has 3 N–H and O–H groups in total. The fraction of sp³-hybridized carbons (Fsp3) is 0.862. The fourth-order valence-corrected chi connectivity index (χ4v) is 10.0. The van der Waals surface area contributed by atoms with Crippen LogP contribution in [0.2, 0.25) is 0 Å². The molecule has 1 saturated heterocycles. The minimum Gasteiger partial charge on any atom is -0.455 e. The van der Waals surface area contributed by atoms with E-state index in [-0.39, 0.29) is 36.1 Å². The molecule has 0 radical (unpaired) electrons. The van der Waals surface area contributed by atoms with Gasteiger partial charge in [0.25, 0.3) is 0 Å². The third-order valence-electron chi connectivity index (χ3n) is 12.6. The third kappa shape index (κ3) is 2.82. The molecule has 0 aromatic carbocycles. The summed E-state index contributed by atoms with van der Waals surface area (Å²) in [5.41, 5.74) is -3.97. The van der Waals surface area contributed by atoms with Gasteiger partial charge in [0.2, 0.25) is 0 Å². The number of cyclic esters (lactones) is 1. The van der Waals surface area contributed by atoms with Crippen molar-refractivity contribution in [3.63, 3.8) is 0 Å². The number of fused-ring (bicyclic) bond motifs is 4. The SMILES string of the molecule is CO[C@H]1CC(=O)[C@]2(C)[C@H]3CC[C@@]4(C)[C@@H](CC[C@]4(O)[C@@](C)(O)[C@H]4CC(C)=C(C)C(=O)O4)[C@@H]3C[C@H]3O[C@]32[C@H]1O. The highest BCUT2D eigenvalue weighted by Crippen LogP contribution is 2.74. The van der Waals surface area contributed by atoms with Gasteiger partial charge in [-0.15, -0.1) is 0 Å². The van der Waals surface area contributed by atoms with Gasteiger partial charge in [-0.3, -0.25) is 4.79 Å². The number of aliphatic hydroxyl groups is 3. The summed E-state index contributed by atoms with van der Waals surface area (Å²) in [4.78, 5) is 26.2. The molecule has 12 atom stereocenters. The zero-order valence-corrected chi connectivity index (χ0v) is 22.9. The number of aliphatic hydroxyl groups excluding tert-OH is 1. The first-order valence-corrected chi connectivity index (χ1v) is 13.9. The second kappa shape index (κ2) is 7.66. The molecule has 0 bridgehead atoms. The minimum absolute atomic E-state index is 0.0249. The smallest absolute Gasteiger partial charge is 0.334 e. The number of hydrogen-bond acceptors (Lipinski definition) is 8. The Morgan fingerprint density at radius 2 is 1.76 bits per heavy atom. The van der Waals surface area contributed by atoms with Crippen LogP contribution in [0.15, 0.2) is 11.1 Å². The molecule has 6 aliphatic rings. The van der Waals surface area contributed by atoms with Crippen LogP contribution in [-0.4, -0.2) is 75.4 Å². The van der Waals surface area contributed by atoms with Crippen molar-refractivity contribution in [3.8, 4) is 0 Å². The lowest BCUT2D eigenvalue weighted by atomic mass is 9.43. The topological polar surface area (TPSA) is 126 Å². The largest absolute Gasteiger partial charge is 0.455 e. The summed E-state index contributed by atoms with van der Waals surface area (Å²) in [6, 6.07) is 0. The predicted molar refractivity (Wildman–Crippen MR) is 132 cm³/mol. The molecule has 0 amide bonds. The number of carbonyl (C=O) groups excluding carboxylic acids is 2. The normalized spacial score (nSPS) is 54.5. The van der Waals surface area contributed by atoms with Gasteiger partial charge in [-0.25, -0.2) is 4.79 Å². The predicted octanol–water partition coefficient (Wildman–Crippen LogP) is 2.46. The van der Waals surface area contributed by atoms with Gasteiger partial charge in [0.1, 0.15) is 34.8 Å². The van der Waals surface area contributed by atoms with Crippen molar-refractivity contribution >= 4 is 11.8 Å². The van der Waals surface area contributed by atoms with Crippen molar-refractivity contribution in [2.75, 3.05) is 7.11 Å². The standard InChI is InChI=1S/C29H42O8/c1-14-11-21(36-24(32)15(14)2)27(5,33)28(34)10-8-17-16-12-22-29(37-22)23(31)19(35-6)13-20(30)26(29,4)18(16)7-9-25(17,28)3/h16-19,21-23,31,33-34H,7-13H2,1-6H3/t16-,17-,18-,19-,21+,22+,23-,25-,26-,27-,28+,29-/m0/s1. The van der Waals surface area contributed by atoms with Crippen molar-refractivity contribution in [2.45, 2.75) is 121 Å². The number of epoxide rings is 1. The van der Waals surface area contributed by atoms with Gasteiger partial charge in [-0.1, -0.05) is 12.5 Å². The quantitative estimate of drug-likeness (QED) is 0.384. The van der Waals surface area contributed by atoms with Crippen LogP contribution in [0.1, 0.15) is 79.6 Å². The summed E-state index contributed by atoms with van der Waals surface area (Å²) < 4.78 is 17.4. The van der Waals surface area contributed by atoms with Gasteiger partial charge in [-0.2, -0.15) is 0 Å². The van der Waals surface area contributed by atoms with Crippen LogP contribution in [0.4, 0.5) is 0 Å². The second-order valence-electron chi connectivity index (χ2n) is 13.6. The monoisotopic (exact) mass is 518 g/mol. The maximum absolute atomic E-state index is 13.7. The Balaban J connectivity index is 1.33. The molecule has 1 spiro atoms. The molecule has 0 unspecified atom stereocenters. The molecule has 8 heteroatoms. The first-order chi connectivity index (χ1) is 17.2. The van der Waals surface area contributed by atoms with Gasteiger partial charge >= 0.3 is 5.97 Å². The number of carbonyl (C=O) groups is 2. The van der Waals surface area contributed by atoms with Crippen molar-refractivity contribution in [2.24, 2.45) is 28.6 Å². The summed E-state index contributed by atoms with van der Waals surface area (Å²) in [5.74, 6) is -0.117. The average molecular weight is 519 g/mol. The lowest BCUT2D eigenvalue weighted by molar-refractivity contribution is -0.255. The molecule has 4 saturated carbocycles. The summed E-state index contributed by atoms with van der Waals surface area (Å²) in [6.07, 6.45) is 1.28. The minimum atomic E-state index is -1.64. The number of Topliss-reactive ketones (excluding diaryl/α,β-unsaturated/α-hetero) is 1. The van der Waals surface area contributed by atoms with E-state index in [1.165, 1.54) is 7.11 Å². The summed E-state index contributed by atoms with van der Waals surface area (Å²) in [5, 5.41) is 35.6. The van der Waals surface area contributed by atoms with E-state index in [9.17, 15) is 24.9 Å². The molecule has 5 fully saturated rings. The van der Waals surface area contributed by atoms with E-state index in [4.69, 9.17) is 14.2 Å². The van der Waals surface area contributed by atoms with E-state index < -0.39 is 51.9 Å². The molecule has 8 nitrogen and oxygen atoms in total. The van der Waals surface area contributed by atoms with Gasteiger partial charge in [0, 0.05) is 30.9 Å². The van der Waals surface area contributed by atoms with E-state index >= 15 is 0 Å². The van der Waals surface area contributed by atoms with Crippen LogP contribution in [0.5, 0.6) is 0 Å². The highest BCUT2D eigenvalue weighted by Gasteiger charge is 2.83. The van der Waals surface area contributed by atoms with Crippen LogP contribution >= 0.6 is 0 Å². The molecule has 0 aromatic heterocycles. The second-order valence-corrected chi connectivity index (χ2v) is 13.6. The number of esters is 1. The maximum Gasteiger partial charge on any atom is 0.334 e. The van der Waals surface area contributed by atoms with E-state index in [0.717, 1.165) is 12.0 Å². The Labute approximate surface area is 218 Å². The van der Waals surface area contributed by atoms with Crippen molar-refractivity contribution < 1.29 is 39.1 Å². The summed E-state index contributed by atoms with van der Waals surface area (Å²) in [6.45, 7) is 9.29. The summed E-state index contributed by atoms with van der Waals surface area (Å²) in [7, 11) is 1.53. The Morgan fingerprint density at radius 1 is 1.08 bits per heavy atom. The number of methoxy groups -OCH3 is 1. The number of hydrogen-bond donors (Lipinski definition) is 3. The number of ether oxygens (including phenoxy) is 3. The first kappa shape index (κ1) is 25.9. The van der Waals surface area contributed by atoms with Crippen LogP contribution in [0.3, 0.4) is 0 Å². The van der Waals surface area contributed by atoms with E-state index in [1.807, 2.05) is 13.8 Å². The van der Waals surface area contributed by atoms with Crippen LogP contribution in [0, 0.1) is 28.6 Å². The zero-order valence-electron chi connectivity index (χ0n) is 22.9. The van der Waals surface area contributed by atoms with Gasteiger partial charge in [0.15, 0.2) is 0 Å². The highest BCUT2D eigenvalue weighted by molar-refractivity contribution is 5.90. The van der Waals surface area contributed by atoms with E-state index in [1.54, 1.807) is 13.8 Å². The average Bonchev–Trinajstić information content (AvgIpc) is 3.51. The highest BCUT2D eigenvalue weighted by atomic mass is 16.6. The molecule has 37 heavy (non-hydrogen) atoms. The van der Waals surface area contributed by atoms with Gasteiger partial charge in [-0.05, 0) is 77.6 Å². The van der Waals surface area contributed by atoms with Crippen molar-refractivity contribution in [1.29, 1.82) is 0 Å². The van der Waals surface area contributed by atoms with E-state index in [2.05, 4.69) is 6.92 Å². The zero-order chi connectivity index (χ0) is 26.9. The molecular formula is C29H42O8. The molecule has 2 heterocycles. The first-order valence-electron chi connectivity index (χ1n) is 13.9. The molecule has 2 aliphatic heterocycles. The van der Waals surface area contributed by atoms with Crippen LogP contribution in [-0.2, 0) is 23.8 Å². The Hall–Kier alpha value is -1.32. The van der Waals surface area contributed by atoms with Crippen LogP contribution < -0.4 is 0 Å². The Morgan fingerprint density at radius 3 is 2.41 bits per heavy atom. The molecule has 4 aliphatic carbocycles. The van der Waals surface area contributed by atoms with Crippen molar-refractivity contribution in [3.05, 3.63) is 11.1 Å². The molecular weight excluding hydrogens is 476 g/mol.